The van der Waals surface area contributed by atoms with E-state index in [4.69, 9.17) is 0 Å². The number of nitro groups is 1. The average Bonchev–Trinajstić information content (AvgIpc) is 2.80. The Balaban J connectivity index is 2.12. The molecule has 0 saturated heterocycles. The Morgan fingerprint density at radius 2 is 1.80 bits per heavy atom. The molecule has 1 aliphatic heterocycles. The van der Waals surface area contributed by atoms with Gasteiger partial charge in [-0.25, -0.2) is 0 Å². The van der Waals surface area contributed by atoms with Crippen LogP contribution in [0.15, 0.2) is 47.4 Å². The van der Waals surface area contributed by atoms with E-state index in [0.717, 1.165) is 11.8 Å². The van der Waals surface area contributed by atoms with E-state index in [1.807, 2.05) is 0 Å². The van der Waals surface area contributed by atoms with Gasteiger partial charge in [-0.05, 0) is 30.0 Å². The first-order chi connectivity index (χ1) is 9.53. The van der Waals surface area contributed by atoms with Crippen LogP contribution in [0.5, 0.6) is 11.5 Å². The van der Waals surface area contributed by atoms with E-state index in [2.05, 4.69) is 5.32 Å². The van der Waals surface area contributed by atoms with Crippen molar-refractivity contribution in [3.8, 4) is 11.5 Å². The quantitative estimate of drug-likeness (QED) is 0.340. The summed E-state index contributed by atoms with van der Waals surface area (Å²) in [6.07, 6.45) is 0. The number of nitrogens with zero attached hydrogens (tertiary/aromatic N) is 1. The van der Waals surface area contributed by atoms with Crippen molar-refractivity contribution in [1.82, 2.24) is 0 Å². The lowest BCUT2D eigenvalue weighted by molar-refractivity contribution is -0.537. The molecule has 1 atom stereocenters. The van der Waals surface area contributed by atoms with E-state index in [1.54, 1.807) is 30.3 Å². The second-order valence-corrected chi connectivity index (χ2v) is 5.57. The molecule has 20 heavy (non-hydrogen) atoms. The largest absolute Gasteiger partial charge is 0.504 e. The van der Waals surface area contributed by atoms with Gasteiger partial charge in [-0.3, -0.25) is 10.1 Å². The third kappa shape index (κ3) is 1.75. The van der Waals surface area contributed by atoms with E-state index in [1.165, 1.54) is 12.1 Å². The maximum Gasteiger partial charge on any atom is 0.372 e. The number of thioether (sulfide) groups is 1. The van der Waals surface area contributed by atoms with Gasteiger partial charge in [-0.1, -0.05) is 18.2 Å². The molecular weight excluding hydrogens is 280 g/mol. The molecule has 0 bridgehead atoms. The summed E-state index contributed by atoms with van der Waals surface area (Å²) in [5, 5.41) is 33.4. The highest BCUT2D eigenvalue weighted by Crippen LogP contribution is 2.53. The average molecular weight is 290 g/mol. The van der Waals surface area contributed by atoms with Gasteiger partial charge in [0.15, 0.2) is 11.5 Å². The third-order valence-corrected chi connectivity index (χ3v) is 4.40. The molecule has 1 aliphatic rings. The molecule has 0 amide bonds. The molecule has 0 fully saturated rings. The van der Waals surface area contributed by atoms with Crippen LogP contribution in [0.3, 0.4) is 0 Å². The minimum Gasteiger partial charge on any atom is -0.504 e. The molecule has 3 N–H and O–H groups in total. The number of aromatic hydroxyl groups is 2. The SMILES string of the molecule is O=[N+]([O-])C1(c2ccccc2)Nc2cc(O)c(O)cc2S1. The minimum absolute atomic E-state index is 0.301. The maximum atomic E-state index is 11.6. The first kappa shape index (κ1) is 12.6. The summed E-state index contributed by atoms with van der Waals surface area (Å²) in [5.74, 6) is -0.616. The molecule has 0 aliphatic carbocycles. The van der Waals surface area contributed by atoms with Gasteiger partial charge in [0.25, 0.3) is 0 Å². The van der Waals surface area contributed by atoms with Crippen LogP contribution in [0.25, 0.3) is 0 Å². The van der Waals surface area contributed by atoms with Crippen molar-refractivity contribution in [3.63, 3.8) is 0 Å². The van der Waals surface area contributed by atoms with Crippen molar-refractivity contribution < 1.29 is 15.1 Å². The molecule has 0 saturated carbocycles. The first-order valence-corrected chi connectivity index (χ1v) is 6.58. The Hall–Kier alpha value is -2.41. The summed E-state index contributed by atoms with van der Waals surface area (Å²) in [5.41, 5.74) is 0.913. The third-order valence-electron chi connectivity index (χ3n) is 3.06. The minimum atomic E-state index is -1.55. The van der Waals surface area contributed by atoms with Crippen LogP contribution in [0.4, 0.5) is 5.69 Å². The highest BCUT2D eigenvalue weighted by molar-refractivity contribution is 8.00. The molecule has 2 aromatic carbocycles. The van der Waals surface area contributed by atoms with Gasteiger partial charge in [0.05, 0.1) is 16.2 Å². The number of phenolic OH excluding ortho intramolecular Hbond substituents is 2. The number of fused-ring (bicyclic) bond motifs is 1. The van der Waals surface area contributed by atoms with Gasteiger partial charge in [-0.2, -0.15) is 0 Å². The summed E-state index contributed by atoms with van der Waals surface area (Å²) in [4.78, 5) is 10.1. The van der Waals surface area contributed by atoms with Crippen molar-refractivity contribution in [2.24, 2.45) is 0 Å². The van der Waals surface area contributed by atoms with Gasteiger partial charge in [0.1, 0.15) is 0 Å². The van der Waals surface area contributed by atoms with E-state index < -0.39 is 9.92 Å². The monoisotopic (exact) mass is 290 g/mol. The summed E-state index contributed by atoms with van der Waals surface area (Å²) < 4.78 is 0. The topological polar surface area (TPSA) is 95.6 Å². The van der Waals surface area contributed by atoms with E-state index in [0.29, 0.717) is 16.1 Å². The predicted octanol–water partition coefficient (Wildman–Crippen LogP) is 2.70. The number of hydrogen-bond donors (Lipinski definition) is 3. The van der Waals surface area contributed by atoms with Crippen molar-refractivity contribution in [2.45, 2.75) is 9.89 Å². The lowest BCUT2D eigenvalue weighted by atomic mass is 10.1. The Morgan fingerprint density at radius 3 is 2.45 bits per heavy atom. The van der Waals surface area contributed by atoms with Crippen molar-refractivity contribution in [3.05, 3.63) is 58.1 Å². The van der Waals surface area contributed by atoms with E-state index in [-0.39, 0.29) is 11.5 Å². The van der Waals surface area contributed by atoms with Crippen molar-refractivity contribution in [1.29, 1.82) is 0 Å². The van der Waals surface area contributed by atoms with Crippen LogP contribution < -0.4 is 5.32 Å². The zero-order valence-corrected chi connectivity index (χ0v) is 10.9. The standard InChI is InChI=1S/C13H10N2O4S/c16-10-6-9-12(7-11(10)17)20-13(14-9,15(18)19)8-4-2-1-3-5-8/h1-7,14,16-17H. The fraction of sp³-hybridized carbons (Fsp3) is 0.0769. The van der Waals surface area contributed by atoms with Crippen molar-refractivity contribution in [2.75, 3.05) is 5.32 Å². The summed E-state index contributed by atoms with van der Waals surface area (Å²) in [6.45, 7) is 0. The van der Waals surface area contributed by atoms with Crippen LogP contribution in [0.1, 0.15) is 5.56 Å². The number of benzene rings is 2. The molecule has 102 valence electrons. The number of anilines is 1. The Bertz CT molecular complexity index is 659. The molecule has 7 heteroatoms. The summed E-state index contributed by atoms with van der Waals surface area (Å²) in [6, 6.07) is 11.1. The van der Waals surface area contributed by atoms with Crippen LogP contribution in [-0.4, -0.2) is 15.1 Å². The van der Waals surface area contributed by atoms with E-state index >= 15 is 0 Å². The number of nitrogens with one attached hydrogen (secondary N) is 1. The second-order valence-electron chi connectivity index (χ2n) is 4.33. The summed E-state index contributed by atoms with van der Waals surface area (Å²) >= 11 is 0.986. The van der Waals surface area contributed by atoms with Crippen LogP contribution in [0.2, 0.25) is 0 Å². The number of rotatable bonds is 2. The van der Waals surface area contributed by atoms with Crippen molar-refractivity contribution >= 4 is 17.4 Å². The second kappa shape index (κ2) is 4.31. The van der Waals surface area contributed by atoms with Gasteiger partial charge in [0.2, 0.25) is 0 Å². The fourth-order valence-electron chi connectivity index (χ4n) is 2.09. The van der Waals surface area contributed by atoms with Gasteiger partial charge in [0, 0.05) is 11.0 Å². The lowest BCUT2D eigenvalue weighted by Crippen LogP contribution is -2.36. The highest BCUT2D eigenvalue weighted by Gasteiger charge is 2.51. The van der Waals surface area contributed by atoms with Gasteiger partial charge < -0.3 is 15.5 Å². The first-order valence-electron chi connectivity index (χ1n) is 5.76. The molecule has 2 aromatic rings. The fourth-order valence-corrected chi connectivity index (χ4v) is 3.29. The number of hydrogen-bond acceptors (Lipinski definition) is 6. The molecule has 1 heterocycles. The molecular formula is C13H10N2O4S. The number of phenols is 2. The van der Waals surface area contributed by atoms with Gasteiger partial charge in [-0.15, -0.1) is 0 Å². The van der Waals surface area contributed by atoms with Gasteiger partial charge >= 0.3 is 4.99 Å². The van der Waals surface area contributed by atoms with Crippen LogP contribution in [-0.2, 0) is 4.99 Å². The zero-order valence-electron chi connectivity index (χ0n) is 10.1. The molecule has 0 aromatic heterocycles. The molecule has 0 radical (unpaired) electrons. The summed E-state index contributed by atoms with van der Waals surface area (Å²) in [7, 11) is 0. The lowest BCUT2D eigenvalue weighted by Gasteiger charge is -2.19. The maximum absolute atomic E-state index is 11.6. The molecule has 6 nitrogen and oxygen atoms in total. The Morgan fingerprint density at radius 1 is 1.15 bits per heavy atom. The highest BCUT2D eigenvalue weighted by atomic mass is 32.2. The normalized spacial score (nSPS) is 20.2. The molecule has 1 unspecified atom stereocenters. The molecule has 3 rings (SSSR count). The smallest absolute Gasteiger partial charge is 0.372 e. The Kier molecular flexibility index (Phi) is 2.72. The van der Waals surface area contributed by atoms with E-state index in [9.17, 15) is 20.3 Å². The molecule has 0 spiro atoms. The Labute approximate surface area is 118 Å². The van der Waals surface area contributed by atoms with Crippen LogP contribution >= 0.6 is 11.8 Å². The predicted molar refractivity (Wildman–Crippen MR) is 74.4 cm³/mol. The zero-order chi connectivity index (χ0) is 14.3. The van der Waals surface area contributed by atoms with Crippen LogP contribution in [0, 0.1) is 10.1 Å².